The van der Waals surface area contributed by atoms with E-state index in [1.807, 2.05) is 0 Å². The van der Waals surface area contributed by atoms with E-state index >= 15 is 0 Å². The Morgan fingerprint density at radius 1 is 1.77 bits per heavy atom. The maximum Gasteiger partial charge on any atom is 0.321 e. The Balaban J connectivity index is 2.13. The maximum absolute atomic E-state index is 10.4. The van der Waals surface area contributed by atoms with Crippen LogP contribution < -0.4 is 5.73 Å². The van der Waals surface area contributed by atoms with Crippen LogP contribution in [0.1, 0.15) is 12.8 Å². The van der Waals surface area contributed by atoms with Crippen molar-refractivity contribution >= 4 is 17.7 Å². The molecule has 1 fully saturated rings. The molecule has 0 bridgehead atoms. The highest BCUT2D eigenvalue weighted by Crippen LogP contribution is 2.20. The van der Waals surface area contributed by atoms with Gasteiger partial charge in [0, 0.05) is 17.6 Å². The quantitative estimate of drug-likeness (QED) is 0.691. The number of aliphatic carboxylic acids is 1. The van der Waals surface area contributed by atoms with E-state index in [4.69, 9.17) is 15.6 Å². The van der Waals surface area contributed by atoms with Crippen molar-refractivity contribution in [1.82, 2.24) is 0 Å². The lowest BCUT2D eigenvalue weighted by atomic mass is 10.2. The Hall–Kier alpha value is -0.260. The minimum atomic E-state index is -0.927. The molecule has 0 radical (unpaired) electrons. The number of carbonyl (C=O) groups is 1. The Labute approximate surface area is 81.8 Å². The van der Waals surface area contributed by atoms with Gasteiger partial charge in [0.25, 0.3) is 0 Å². The zero-order chi connectivity index (χ0) is 9.68. The first-order chi connectivity index (χ1) is 6.20. The van der Waals surface area contributed by atoms with Gasteiger partial charge in [-0.25, -0.2) is 0 Å². The first-order valence-corrected chi connectivity index (χ1v) is 5.42. The van der Waals surface area contributed by atoms with E-state index in [0.717, 1.165) is 26.1 Å². The minimum absolute atomic E-state index is 0.430. The summed E-state index contributed by atoms with van der Waals surface area (Å²) >= 11 is 1.60. The number of thioether (sulfide) groups is 1. The average molecular weight is 205 g/mol. The van der Waals surface area contributed by atoms with E-state index in [0.29, 0.717) is 11.0 Å². The van der Waals surface area contributed by atoms with Crippen LogP contribution in [0.5, 0.6) is 0 Å². The molecular formula is C8H15NO3S. The molecule has 3 N–H and O–H groups in total. The molecule has 0 aliphatic carbocycles. The summed E-state index contributed by atoms with van der Waals surface area (Å²) in [5.74, 6) is -0.451. The lowest BCUT2D eigenvalue weighted by Crippen LogP contribution is -2.34. The van der Waals surface area contributed by atoms with Crippen LogP contribution in [0.15, 0.2) is 0 Å². The van der Waals surface area contributed by atoms with Crippen LogP contribution in [0.4, 0.5) is 0 Å². The Morgan fingerprint density at radius 3 is 3.08 bits per heavy atom. The van der Waals surface area contributed by atoms with E-state index in [-0.39, 0.29) is 0 Å². The second-order valence-electron chi connectivity index (χ2n) is 3.12. The summed E-state index contributed by atoms with van der Waals surface area (Å²) in [5.41, 5.74) is 5.37. The Bertz CT molecular complexity index is 171. The molecule has 1 saturated heterocycles. The third-order valence-electron chi connectivity index (χ3n) is 1.95. The normalized spacial score (nSPS) is 25.5. The van der Waals surface area contributed by atoms with Gasteiger partial charge in [0.2, 0.25) is 0 Å². The van der Waals surface area contributed by atoms with Gasteiger partial charge in [0.1, 0.15) is 6.04 Å². The number of rotatable bonds is 4. The monoisotopic (exact) mass is 205 g/mol. The fourth-order valence-corrected chi connectivity index (χ4v) is 2.30. The predicted octanol–water partition coefficient (Wildman–Crippen LogP) is 0.310. The van der Waals surface area contributed by atoms with Gasteiger partial charge in [0.15, 0.2) is 0 Å². The maximum atomic E-state index is 10.4. The highest BCUT2D eigenvalue weighted by molar-refractivity contribution is 8.00. The smallest absolute Gasteiger partial charge is 0.321 e. The fraction of sp³-hybridized carbons (Fsp3) is 0.875. The molecule has 2 atom stereocenters. The van der Waals surface area contributed by atoms with Gasteiger partial charge in [-0.3, -0.25) is 4.79 Å². The fourth-order valence-electron chi connectivity index (χ4n) is 1.15. The third kappa shape index (κ3) is 3.97. The van der Waals surface area contributed by atoms with Crippen LogP contribution in [-0.2, 0) is 9.53 Å². The number of ether oxygens (including phenoxy) is 1. The van der Waals surface area contributed by atoms with Crippen molar-refractivity contribution in [3.05, 3.63) is 0 Å². The van der Waals surface area contributed by atoms with Gasteiger partial charge in [-0.15, -0.1) is 0 Å². The Morgan fingerprint density at radius 2 is 2.54 bits per heavy atom. The standard InChI is InChI=1S/C8H15NO3S/c9-7(8(10)11)5-13-6-2-1-3-12-4-6/h6-7H,1-5,9H2,(H,10,11)/t6?,7-/m1/s1. The molecule has 1 aliphatic heterocycles. The molecule has 0 aromatic rings. The van der Waals surface area contributed by atoms with Gasteiger partial charge < -0.3 is 15.6 Å². The molecule has 76 valence electrons. The molecule has 0 aromatic carbocycles. The molecule has 1 unspecified atom stereocenters. The van der Waals surface area contributed by atoms with Crippen LogP contribution in [0, 0.1) is 0 Å². The molecule has 1 heterocycles. The summed E-state index contributed by atoms with van der Waals surface area (Å²) in [6, 6.07) is -0.744. The summed E-state index contributed by atoms with van der Waals surface area (Å²) in [5, 5.41) is 8.97. The van der Waals surface area contributed by atoms with Gasteiger partial charge in [0.05, 0.1) is 6.61 Å². The number of nitrogens with two attached hydrogens (primary N) is 1. The zero-order valence-electron chi connectivity index (χ0n) is 7.44. The molecule has 1 aliphatic rings. The van der Waals surface area contributed by atoms with Crippen molar-refractivity contribution in [2.45, 2.75) is 24.1 Å². The predicted molar refractivity (Wildman–Crippen MR) is 51.9 cm³/mol. The lowest BCUT2D eigenvalue weighted by Gasteiger charge is -2.22. The zero-order valence-corrected chi connectivity index (χ0v) is 8.26. The van der Waals surface area contributed by atoms with Crippen molar-refractivity contribution in [3.63, 3.8) is 0 Å². The van der Waals surface area contributed by atoms with Gasteiger partial charge in [-0.05, 0) is 12.8 Å². The molecule has 0 saturated carbocycles. The SMILES string of the molecule is N[C@H](CSC1CCCOC1)C(=O)O. The number of hydrogen-bond donors (Lipinski definition) is 2. The van der Waals surface area contributed by atoms with Crippen LogP contribution >= 0.6 is 11.8 Å². The van der Waals surface area contributed by atoms with Crippen LogP contribution in [0.25, 0.3) is 0 Å². The summed E-state index contributed by atoms with van der Waals surface area (Å²) in [6.45, 7) is 1.57. The second kappa shape index (κ2) is 5.47. The summed E-state index contributed by atoms with van der Waals surface area (Å²) in [7, 11) is 0. The highest BCUT2D eigenvalue weighted by Gasteiger charge is 2.18. The van der Waals surface area contributed by atoms with Crippen LogP contribution in [-0.4, -0.2) is 41.3 Å². The average Bonchev–Trinajstić information content (AvgIpc) is 2.15. The van der Waals surface area contributed by atoms with Crippen molar-refractivity contribution in [1.29, 1.82) is 0 Å². The molecule has 0 amide bonds. The molecular weight excluding hydrogens is 190 g/mol. The van der Waals surface area contributed by atoms with Gasteiger partial charge in [-0.1, -0.05) is 0 Å². The van der Waals surface area contributed by atoms with Crippen molar-refractivity contribution in [2.24, 2.45) is 5.73 Å². The van der Waals surface area contributed by atoms with Crippen LogP contribution in [0.2, 0.25) is 0 Å². The topological polar surface area (TPSA) is 72.5 Å². The van der Waals surface area contributed by atoms with Crippen molar-refractivity contribution in [2.75, 3.05) is 19.0 Å². The first-order valence-electron chi connectivity index (χ1n) is 4.38. The summed E-state index contributed by atoms with van der Waals surface area (Å²) in [6.07, 6.45) is 2.18. The second-order valence-corrected chi connectivity index (χ2v) is 4.45. The number of carboxylic acids is 1. The highest BCUT2D eigenvalue weighted by atomic mass is 32.2. The minimum Gasteiger partial charge on any atom is -0.480 e. The van der Waals surface area contributed by atoms with Crippen LogP contribution in [0.3, 0.4) is 0 Å². The molecule has 0 aromatic heterocycles. The number of carboxylic acid groups (broad SMARTS) is 1. The largest absolute Gasteiger partial charge is 0.480 e. The first kappa shape index (κ1) is 10.8. The molecule has 4 nitrogen and oxygen atoms in total. The molecule has 0 spiro atoms. The van der Waals surface area contributed by atoms with Gasteiger partial charge >= 0.3 is 5.97 Å². The van der Waals surface area contributed by atoms with E-state index in [2.05, 4.69) is 0 Å². The Kier molecular flexibility index (Phi) is 4.55. The summed E-state index contributed by atoms with van der Waals surface area (Å²) < 4.78 is 5.27. The van der Waals surface area contributed by atoms with E-state index in [9.17, 15) is 4.79 Å². The van der Waals surface area contributed by atoms with Crippen molar-refractivity contribution < 1.29 is 14.6 Å². The third-order valence-corrected chi connectivity index (χ3v) is 3.34. The molecule has 1 rings (SSSR count). The number of hydrogen-bond acceptors (Lipinski definition) is 4. The van der Waals surface area contributed by atoms with Crippen molar-refractivity contribution in [3.8, 4) is 0 Å². The summed E-state index contributed by atoms with van der Waals surface area (Å²) in [4.78, 5) is 10.4. The molecule has 13 heavy (non-hydrogen) atoms. The van der Waals surface area contributed by atoms with Gasteiger partial charge in [-0.2, -0.15) is 11.8 Å². The van der Waals surface area contributed by atoms with E-state index < -0.39 is 12.0 Å². The van der Waals surface area contributed by atoms with E-state index in [1.165, 1.54) is 0 Å². The lowest BCUT2D eigenvalue weighted by molar-refractivity contribution is -0.137. The molecule has 5 heteroatoms. The van der Waals surface area contributed by atoms with E-state index in [1.54, 1.807) is 11.8 Å².